The molecular weight excluding hydrogens is 400 g/mol. The van der Waals surface area contributed by atoms with Crippen molar-refractivity contribution < 1.29 is 14.3 Å². The largest absolute Gasteiger partial charge is 0.494 e. The SMILES string of the molecule is CCOc1ccc(NC(=O)CC2S/C(=N/N=C\C=C\c3ccccc3)NC2=O)cc1. The second-order valence-corrected chi connectivity index (χ2v) is 7.44. The third-order valence-corrected chi connectivity index (χ3v) is 5.06. The quantitative estimate of drug-likeness (QED) is 0.501. The van der Waals surface area contributed by atoms with E-state index < -0.39 is 5.25 Å². The molecule has 3 rings (SSSR count). The van der Waals surface area contributed by atoms with Crippen molar-refractivity contribution in [3.63, 3.8) is 0 Å². The fraction of sp³-hybridized carbons (Fsp3) is 0.182. The summed E-state index contributed by atoms with van der Waals surface area (Å²) in [6, 6.07) is 16.9. The molecule has 7 nitrogen and oxygen atoms in total. The van der Waals surface area contributed by atoms with E-state index >= 15 is 0 Å². The minimum absolute atomic E-state index is 0.0420. The van der Waals surface area contributed by atoms with Crippen molar-refractivity contribution in [1.29, 1.82) is 0 Å². The maximum Gasteiger partial charge on any atom is 0.240 e. The molecule has 2 amide bonds. The number of amides is 2. The number of amidine groups is 1. The van der Waals surface area contributed by atoms with Crippen LogP contribution in [0.2, 0.25) is 0 Å². The van der Waals surface area contributed by atoms with E-state index in [0.29, 0.717) is 17.5 Å². The van der Waals surface area contributed by atoms with Crippen LogP contribution in [0.25, 0.3) is 6.08 Å². The molecule has 30 heavy (non-hydrogen) atoms. The van der Waals surface area contributed by atoms with E-state index in [4.69, 9.17) is 4.74 Å². The van der Waals surface area contributed by atoms with Crippen molar-refractivity contribution in [1.82, 2.24) is 5.32 Å². The van der Waals surface area contributed by atoms with Crippen molar-refractivity contribution >= 4 is 46.7 Å². The number of carbonyl (C=O) groups is 2. The Morgan fingerprint density at radius 2 is 1.97 bits per heavy atom. The molecule has 0 aromatic heterocycles. The standard InChI is InChI=1S/C22H22N4O3S/c1-2-29-18-12-10-17(11-13-18)24-20(27)15-19-21(28)25-22(30-19)26-23-14-6-9-16-7-4-3-5-8-16/h3-14,19H,2,15H2,1H3,(H,24,27)(H,25,26,28)/b9-6+,23-14-. The fourth-order valence-electron chi connectivity index (χ4n) is 2.61. The number of carbonyl (C=O) groups excluding carboxylic acids is 2. The number of anilines is 1. The second-order valence-electron chi connectivity index (χ2n) is 6.24. The zero-order valence-electron chi connectivity index (χ0n) is 16.4. The molecule has 2 aromatic rings. The number of hydrogen-bond donors (Lipinski definition) is 2. The van der Waals surface area contributed by atoms with Gasteiger partial charge < -0.3 is 15.4 Å². The third kappa shape index (κ3) is 6.59. The van der Waals surface area contributed by atoms with E-state index in [1.165, 1.54) is 11.8 Å². The smallest absolute Gasteiger partial charge is 0.240 e. The minimum Gasteiger partial charge on any atom is -0.494 e. The molecule has 0 spiro atoms. The lowest BCUT2D eigenvalue weighted by Crippen LogP contribution is -2.28. The van der Waals surface area contributed by atoms with Gasteiger partial charge in [-0.3, -0.25) is 9.59 Å². The second kappa shape index (κ2) is 11.0. The van der Waals surface area contributed by atoms with Crippen LogP contribution in [0.3, 0.4) is 0 Å². The highest BCUT2D eigenvalue weighted by Gasteiger charge is 2.32. The number of thioether (sulfide) groups is 1. The van der Waals surface area contributed by atoms with Crippen LogP contribution in [0.4, 0.5) is 5.69 Å². The van der Waals surface area contributed by atoms with Crippen LogP contribution in [0, 0.1) is 0 Å². The Bertz CT molecular complexity index is 956. The Hall–Kier alpha value is -3.39. The summed E-state index contributed by atoms with van der Waals surface area (Å²) >= 11 is 1.19. The molecular formula is C22H22N4O3S. The number of allylic oxidation sites excluding steroid dienone is 1. The van der Waals surface area contributed by atoms with Gasteiger partial charge in [-0.2, -0.15) is 5.10 Å². The molecule has 0 radical (unpaired) electrons. The molecule has 0 aliphatic carbocycles. The van der Waals surface area contributed by atoms with Gasteiger partial charge in [-0.1, -0.05) is 48.2 Å². The van der Waals surface area contributed by atoms with E-state index in [9.17, 15) is 9.59 Å². The number of rotatable bonds is 8. The van der Waals surface area contributed by atoms with Gasteiger partial charge in [0, 0.05) is 18.3 Å². The Morgan fingerprint density at radius 1 is 1.20 bits per heavy atom. The highest BCUT2D eigenvalue weighted by molar-refractivity contribution is 8.15. The van der Waals surface area contributed by atoms with Crippen molar-refractivity contribution in [2.75, 3.05) is 11.9 Å². The Balaban J connectivity index is 1.47. The highest BCUT2D eigenvalue weighted by Crippen LogP contribution is 2.23. The lowest BCUT2D eigenvalue weighted by molar-refractivity contribution is -0.122. The Morgan fingerprint density at radius 3 is 2.70 bits per heavy atom. The molecule has 0 saturated carbocycles. The summed E-state index contributed by atoms with van der Waals surface area (Å²) in [6.45, 7) is 2.49. The molecule has 1 aliphatic rings. The molecule has 1 fully saturated rings. The van der Waals surface area contributed by atoms with Crippen molar-refractivity contribution in [2.45, 2.75) is 18.6 Å². The molecule has 2 N–H and O–H groups in total. The van der Waals surface area contributed by atoms with Crippen molar-refractivity contribution in [3.05, 3.63) is 66.2 Å². The molecule has 1 heterocycles. The van der Waals surface area contributed by atoms with Crippen LogP contribution in [-0.4, -0.2) is 35.1 Å². The predicted molar refractivity (Wildman–Crippen MR) is 122 cm³/mol. The summed E-state index contributed by atoms with van der Waals surface area (Å²) in [5.41, 5.74) is 1.70. The fourth-order valence-corrected chi connectivity index (χ4v) is 3.53. The zero-order chi connectivity index (χ0) is 21.2. The predicted octanol–water partition coefficient (Wildman–Crippen LogP) is 3.70. The van der Waals surface area contributed by atoms with Crippen LogP contribution in [0.5, 0.6) is 5.75 Å². The van der Waals surface area contributed by atoms with Gasteiger partial charge in [-0.15, -0.1) is 5.10 Å². The Kier molecular flexibility index (Phi) is 7.79. The number of nitrogens with one attached hydrogen (secondary N) is 2. The molecule has 0 bridgehead atoms. The van der Waals surface area contributed by atoms with E-state index in [1.54, 1.807) is 36.6 Å². The first kappa shape index (κ1) is 21.3. The van der Waals surface area contributed by atoms with Gasteiger partial charge in [-0.25, -0.2) is 0 Å². The average Bonchev–Trinajstić information content (AvgIpc) is 3.09. The van der Waals surface area contributed by atoms with Crippen LogP contribution >= 0.6 is 11.8 Å². The first-order chi connectivity index (χ1) is 14.6. The third-order valence-electron chi connectivity index (χ3n) is 3.99. The van der Waals surface area contributed by atoms with E-state index in [1.807, 2.05) is 43.3 Å². The van der Waals surface area contributed by atoms with Gasteiger partial charge in [0.25, 0.3) is 0 Å². The first-order valence-electron chi connectivity index (χ1n) is 9.47. The highest BCUT2D eigenvalue weighted by atomic mass is 32.2. The molecule has 2 aromatic carbocycles. The molecule has 1 saturated heterocycles. The molecule has 1 aliphatic heterocycles. The molecule has 8 heteroatoms. The summed E-state index contributed by atoms with van der Waals surface area (Å²) < 4.78 is 5.37. The van der Waals surface area contributed by atoms with Gasteiger partial charge in [0.05, 0.1) is 6.61 Å². The van der Waals surface area contributed by atoms with E-state index in [0.717, 1.165) is 11.3 Å². The molecule has 1 atom stereocenters. The van der Waals surface area contributed by atoms with E-state index in [-0.39, 0.29) is 18.2 Å². The summed E-state index contributed by atoms with van der Waals surface area (Å²) in [5.74, 6) is 0.235. The van der Waals surface area contributed by atoms with Gasteiger partial charge >= 0.3 is 0 Å². The van der Waals surface area contributed by atoms with E-state index in [2.05, 4.69) is 20.8 Å². The maximum absolute atomic E-state index is 12.3. The average molecular weight is 423 g/mol. The zero-order valence-corrected chi connectivity index (χ0v) is 17.3. The van der Waals surface area contributed by atoms with Crippen LogP contribution in [-0.2, 0) is 9.59 Å². The lowest BCUT2D eigenvalue weighted by atomic mass is 10.2. The monoisotopic (exact) mass is 422 g/mol. The molecule has 1 unspecified atom stereocenters. The first-order valence-corrected chi connectivity index (χ1v) is 10.3. The summed E-state index contributed by atoms with van der Waals surface area (Å²) in [5, 5.41) is 13.2. The van der Waals surface area contributed by atoms with Crippen LogP contribution < -0.4 is 15.4 Å². The van der Waals surface area contributed by atoms with Gasteiger partial charge in [0.2, 0.25) is 11.8 Å². The summed E-state index contributed by atoms with van der Waals surface area (Å²) in [6.07, 6.45) is 5.25. The maximum atomic E-state index is 12.3. The van der Waals surface area contributed by atoms with Crippen LogP contribution in [0.1, 0.15) is 18.9 Å². The minimum atomic E-state index is -0.540. The number of benzene rings is 2. The van der Waals surface area contributed by atoms with Crippen molar-refractivity contribution in [2.24, 2.45) is 10.2 Å². The lowest BCUT2D eigenvalue weighted by Gasteiger charge is -2.08. The number of nitrogens with zero attached hydrogens (tertiary/aromatic N) is 2. The summed E-state index contributed by atoms with van der Waals surface area (Å²) in [4.78, 5) is 24.3. The molecule has 154 valence electrons. The van der Waals surface area contributed by atoms with Crippen molar-refractivity contribution in [3.8, 4) is 5.75 Å². The summed E-state index contributed by atoms with van der Waals surface area (Å²) in [7, 11) is 0. The Labute approximate surface area is 179 Å². The number of hydrogen-bond acceptors (Lipinski definition) is 6. The number of ether oxygens (including phenoxy) is 1. The van der Waals surface area contributed by atoms with Gasteiger partial charge in [0.15, 0.2) is 5.17 Å². The van der Waals surface area contributed by atoms with Crippen LogP contribution in [0.15, 0.2) is 70.9 Å². The normalized spacial score (nSPS) is 17.6. The van der Waals surface area contributed by atoms with Gasteiger partial charge in [-0.05, 0) is 42.8 Å². The topological polar surface area (TPSA) is 92.2 Å². The van der Waals surface area contributed by atoms with Gasteiger partial charge in [0.1, 0.15) is 11.0 Å².